The Morgan fingerprint density at radius 3 is 1.06 bits per heavy atom. The standard InChI is InChI=1S/C6H12.2CHNO.F2HO2P.Li.H/c1-2-4-6-5-3-1;2*2-1-3;1-5(2,3)4;;/h1-6H2;2*2H;(H,3,4);;/q;;;;+1;-1. The summed E-state index contributed by atoms with van der Waals surface area (Å²) in [5.74, 6) is 0. The van der Waals surface area contributed by atoms with Crippen LogP contribution in [0.4, 0.5) is 8.39 Å². The molecule has 0 radical (unpaired) electrons. The molecular formula is C8H16F2LiN2O4P. The van der Waals surface area contributed by atoms with Gasteiger partial charge in [0, 0.05) is 0 Å². The van der Waals surface area contributed by atoms with Crippen molar-refractivity contribution in [2.24, 2.45) is 0 Å². The molecule has 0 amide bonds. The van der Waals surface area contributed by atoms with Gasteiger partial charge in [0.2, 0.25) is 12.2 Å². The zero-order valence-electron chi connectivity index (χ0n) is 11.1. The topological polar surface area (TPSA) is 119 Å². The zero-order chi connectivity index (χ0) is 14.2. The predicted octanol–water partition coefficient (Wildman–Crippen LogP) is 0.285. The molecule has 1 saturated carbocycles. The molecule has 0 unspecified atom stereocenters. The maximum Gasteiger partial charge on any atom is 1.00 e. The van der Waals surface area contributed by atoms with Gasteiger partial charge < -0.3 is 1.43 Å². The largest absolute Gasteiger partial charge is 1.00 e. The van der Waals surface area contributed by atoms with Crippen LogP contribution in [0.15, 0.2) is 0 Å². The Hall–Kier alpha value is -0.593. The molecule has 0 bridgehead atoms. The molecule has 0 aromatic carbocycles. The summed E-state index contributed by atoms with van der Waals surface area (Å²) < 4.78 is 28.7. The van der Waals surface area contributed by atoms with E-state index in [4.69, 9.17) is 29.9 Å². The van der Waals surface area contributed by atoms with Gasteiger partial charge >= 0.3 is 26.9 Å². The first-order chi connectivity index (χ1) is 7.83. The molecule has 6 nitrogen and oxygen atoms in total. The average molecular weight is 280 g/mol. The van der Waals surface area contributed by atoms with Gasteiger partial charge in [0.05, 0.1) is 0 Å². The van der Waals surface area contributed by atoms with Gasteiger partial charge in [-0.05, 0) is 0 Å². The van der Waals surface area contributed by atoms with E-state index in [2.05, 4.69) is 0 Å². The van der Waals surface area contributed by atoms with E-state index in [1.165, 1.54) is 38.5 Å². The summed E-state index contributed by atoms with van der Waals surface area (Å²) in [5, 5.41) is 10.8. The van der Waals surface area contributed by atoms with Gasteiger partial charge in [-0.3, -0.25) is 4.89 Å². The molecule has 0 aromatic heterocycles. The summed E-state index contributed by atoms with van der Waals surface area (Å²) in [7, 11) is -5.64. The summed E-state index contributed by atoms with van der Waals surface area (Å²) in [4.78, 5) is 23.4. The molecule has 1 aliphatic rings. The zero-order valence-corrected chi connectivity index (χ0v) is 11.0. The van der Waals surface area contributed by atoms with Crippen LogP contribution in [0, 0.1) is 10.8 Å². The molecule has 0 aliphatic heterocycles. The summed E-state index contributed by atoms with van der Waals surface area (Å²) in [6, 6.07) is 0. The second kappa shape index (κ2) is 21.7. The fraction of sp³-hybridized carbons (Fsp3) is 0.750. The number of halogens is 2. The average Bonchev–Trinajstić information content (AvgIpc) is 2.20. The fourth-order valence-corrected chi connectivity index (χ4v) is 1.06. The first kappa shape index (κ1) is 26.1. The van der Waals surface area contributed by atoms with Crippen LogP contribution in [0.5, 0.6) is 0 Å². The van der Waals surface area contributed by atoms with Crippen LogP contribution in [-0.4, -0.2) is 17.1 Å². The smallest absolute Gasteiger partial charge is 1.00 e. The predicted molar refractivity (Wildman–Crippen MR) is 57.7 cm³/mol. The molecular weight excluding hydrogens is 264 g/mol. The third kappa shape index (κ3) is 109. The SMILES string of the molecule is C1CCCCC1.N=C=O.N=C=O.O=P(O)(F)F.[H-].[Li+]. The van der Waals surface area contributed by atoms with Crippen molar-refractivity contribution < 1.29 is 47.7 Å². The minimum atomic E-state index is -5.64. The Balaban J connectivity index is -0.0000000465. The van der Waals surface area contributed by atoms with Gasteiger partial charge in [0.1, 0.15) is 0 Å². The van der Waals surface area contributed by atoms with Gasteiger partial charge in [-0.2, -0.15) is 0 Å². The maximum absolute atomic E-state index is 10.1. The molecule has 3 N–H and O–H groups in total. The molecule has 0 spiro atoms. The van der Waals surface area contributed by atoms with E-state index in [1.807, 2.05) is 0 Å². The van der Waals surface area contributed by atoms with Crippen LogP contribution in [0.2, 0.25) is 0 Å². The monoisotopic (exact) mass is 280 g/mol. The summed E-state index contributed by atoms with van der Waals surface area (Å²) in [6.07, 6.45) is 10.5. The van der Waals surface area contributed by atoms with Gasteiger partial charge in [-0.25, -0.2) is 25.0 Å². The van der Waals surface area contributed by atoms with E-state index >= 15 is 0 Å². The van der Waals surface area contributed by atoms with Crippen LogP contribution < -0.4 is 18.9 Å². The summed E-state index contributed by atoms with van der Waals surface area (Å²) in [6.45, 7) is 0. The second-order valence-corrected chi connectivity index (χ2v) is 3.63. The molecule has 1 aliphatic carbocycles. The number of hydrogen-bond acceptors (Lipinski definition) is 5. The number of carbonyl (C=O) groups excluding carboxylic acids is 2. The van der Waals surface area contributed by atoms with Crippen molar-refractivity contribution in [3.05, 3.63) is 0 Å². The number of isocyanates is 2. The third-order valence-corrected chi connectivity index (χ3v) is 1.50. The molecule has 102 valence electrons. The van der Waals surface area contributed by atoms with Crippen LogP contribution in [-0.2, 0) is 14.2 Å². The maximum atomic E-state index is 10.1. The number of nitrogens with one attached hydrogen (secondary N) is 2. The van der Waals surface area contributed by atoms with Crippen LogP contribution in [0.1, 0.15) is 40.0 Å². The quantitative estimate of drug-likeness (QED) is 0.255. The third-order valence-electron chi connectivity index (χ3n) is 1.50. The molecule has 18 heavy (non-hydrogen) atoms. The molecule has 0 saturated heterocycles. The minimum Gasteiger partial charge on any atom is -1.00 e. The fourth-order valence-electron chi connectivity index (χ4n) is 1.06. The first-order valence-corrected chi connectivity index (χ1v) is 6.07. The van der Waals surface area contributed by atoms with E-state index in [0.717, 1.165) is 12.2 Å². The van der Waals surface area contributed by atoms with Gasteiger partial charge in [-0.15, -0.1) is 8.39 Å². The van der Waals surface area contributed by atoms with E-state index in [-0.39, 0.29) is 20.3 Å². The van der Waals surface area contributed by atoms with Crippen molar-refractivity contribution in [1.29, 1.82) is 10.8 Å². The Morgan fingerprint density at radius 2 is 1.00 bits per heavy atom. The number of hydrogen-bond donors (Lipinski definition) is 3. The van der Waals surface area contributed by atoms with Gasteiger partial charge in [0.15, 0.2) is 0 Å². The normalized spacial score (nSPS) is 12.2. The molecule has 1 fully saturated rings. The van der Waals surface area contributed by atoms with Crippen molar-refractivity contribution in [3.8, 4) is 0 Å². The molecule has 0 heterocycles. The number of rotatable bonds is 0. The van der Waals surface area contributed by atoms with Crippen molar-refractivity contribution >= 4 is 20.2 Å². The summed E-state index contributed by atoms with van der Waals surface area (Å²) >= 11 is 0. The Labute approximate surface area is 118 Å². The van der Waals surface area contributed by atoms with E-state index in [9.17, 15) is 8.39 Å². The van der Waals surface area contributed by atoms with Crippen molar-refractivity contribution in [1.82, 2.24) is 0 Å². The van der Waals surface area contributed by atoms with Crippen LogP contribution >= 0.6 is 7.99 Å². The van der Waals surface area contributed by atoms with Gasteiger partial charge in [0.25, 0.3) is 0 Å². The van der Waals surface area contributed by atoms with Crippen molar-refractivity contribution in [2.45, 2.75) is 38.5 Å². The Bertz CT molecular complexity index is 246. The molecule has 1 rings (SSSR count). The molecule has 10 heteroatoms. The van der Waals surface area contributed by atoms with Crippen molar-refractivity contribution in [2.75, 3.05) is 0 Å². The summed E-state index contributed by atoms with van der Waals surface area (Å²) in [5.41, 5.74) is 0. The Kier molecular flexibility index (Phi) is 31.4. The Morgan fingerprint density at radius 1 is 0.944 bits per heavy atom. The van der Waals surface area contributed by atoms with Crippen LogP contribution in [0.25, 0.3) is 0 Å². The van der Waals surface area contributed by atoms with Crippen LogP contribution in [0.3, 0.4) is 0 Å². The van der Waals surface area contributed by atoms with E-state index in [1.54, 1.807) is 0 Å². The minimum absolute atomic E-state index is 0. The molecule has 0 atom stereocenters. The molecule has 0 aromatic rings. The first-order valence-electron chi connectivity index (χ1n) is 4.63. The van der Waals surface area contributed by atoms with E-state index in [0.29, 0.717) is 0 Å². The second-order valence-electron chi connectivity index (χ2n) is 2.76. The van der Waals surface area contributed by atoms with Gasteiger partial charge in [-0.1, -0.05) is 38.5 Å². The van der Waals surface area contributed by atoms with Crippen molar-refractivity contribution in [3.63, 3.8) is 0 Å². The van der Waals surface area contributed by atoms with E-state index < -0.39 is 7.99 Å².